The van der Waals surface area contributed by atoms with Crippen molar-refractivity contribution in [2.24, 2.45) is 0 Å². The van der Waals surface area contributed by atoms with E-state index in [-0.39, 0.29) is 28.4 Å². The van der Waals surface area contributed by atoms with Crippen LogP contribution in [0.2, 0.25) is 0 Å². The SMILES string of the molecule is Cc1cc(C(=O)Cn2cc(Br)c([N+](=O)[O-])n2)c(C)n1-c1ccc(OC(F)F)cc1. The molecule has 0 saturated heterocycles. The van der Waals surface area contributed by atoms with E-state index in [2.05, 4.69) is 25.8 Å². The number of aromatic nitrogens is 3. The number of carbonyl (C=O) groups is 1. The number of benzene rings is 1. The molecule has 0 bridgehead atoms. The van der Waals surface area contributed by atoms with Gasteiger partial charge in [0.25, 0.3) is 0 Å². The van der Waals surface area contributed by atoms with E-state index in [1.54, 1.807) is 29.7 Å². The third-order valence-electron chi connectivity index (χ3n) is 4.23. The van der Waals surface area contributed by atoms with Gasteiger partial charge in [-0.2, -0.15) is 13.5 Å². The van der Waals surface area contributed by atoms with E-state index < -0.39 is 11.5 Å². The maximum absolute atomic E-state index is 12.7. The summed E-state index contributed by atoms with van der Waals surface area (Å²) in [7, 11) is 0. The van der Waals surface area contributed by atoms with Gasteiger partial charge in [0.05, 0.1) is 11.3 Å². The van der Waals surface area contributed by atoms with Crippen molar-refractivity contribution in [2.45, 2.75) is 27.0 Å². The molecule has 29 heavy (non-hydrogen) atoms. The van der Waals surface area contributed by atoms with E-state index in [0.29, 0.717) is 16.9 Å². The lowest BCUT2D eigenvalue weighted by Crippen LogP contribution is -2.12. The zero-order valence-electron chi connectivity index (χ0n) is 15.3. The molecule has 0 atom stereocenters. The quantitative estimate of drug-likeness (QED) is 0.290. The zero-order chi connectivity index (χ0) is 21.3. The lowest BCUT2D eigenvalue weighted by atomic mass is 10.1. The predicted octanol–water partition coefficient (Wildman–Crippen LogP) is 4.45. The summed E-state index contributed by atoms with van der Waals surface area (Å²) in [6, 6.07) is 7.76. The Morgan fingerprint density at radius 3 is 2.52 bits per heavy atom. The largest absolute Gasteiger partial charge is 0.435 e. The summed E-state index contributed by atoms with van der Waals surface area (Å²) in [5.41, 5.74) is 2.53. The number of halogens is 3. The van der Waals surface area contributed by atoms with Crippen LogP contribution in [0.5, 0.6) is 5.75 Å². The van der Waals surface area contributed by atoms with Crippen LogP contribution < -0.4 is 4.74 Å². The zero-order valence-corrected chi connectivity index (χ0v) is 16.9. The lowest BCUT2D eigenvalue weighted by molar-refractivity contribution is -0.390. The van der Waals surface area contributed by atoms with Gasteiger partial charge in [0, 0.05) is 22.6 Å². The number of ketones is 1. The van der Waals surface area contributed by atoms with Crippen molar-refractivity contribution < 1.29 is 23.2 Å². The number of hydrogen-bond acceptors (Lipinski definition) is 5. The molecule has 8 nitrogen and oxygen atoms in total. The van der Waals surface area contributed by atoms with Gasteiger partial charge in [0.1, 0.15) is 16.8 Å². The molecule has 0 N–H and O–H groups in total. The summed E-state index contributed by atoms with van der Waals surface area (Å²) in [5, 5.41) is 14.7. The maximum atomic E-state index is 12.7. The number of alkyl halides is 2. The Morgan fingerprint density at radius 2 is 1.97 bits per heavy atom. The monoisotopic (exact) mass is 468 g/mol. The molecular weight excluding hydrogens is 454 g/mol. The molecule has 0 aliphatic rings. The van der Waals surface area contributed by atoms with Crippen LogP contribution in [-0.4, -0.2) is 31.7 Å². The molecule has 2 heterocycles. The van der Waals surface area contributed by atoms with Gasteiger partial charge in [0.2, 0.25) is 0 Å². The fourth-order valence-electron chi connectivity index (χ4n) is 3.04. The minimum Gasteiger partial charge on any atom is -0.435 e. The highest BCUT2D eigenvalue weighted by Crippen LogP contribution is 2.25. The van der Waals surface area contributed by atoms with Gasteiger partial charge in [-0.25, -0.2) is 0 Å². The number of nitro groups is 1. The fourth-order valence-corrected chi connectivity index (χ4v) is 3.50. The second kappa shape index (κ2) is 8.11. The average molecular weight is 469 g/mol. The Labute approximate surface area is 172 Å². The summed E-state index contributed by atoms with van der Waals surface area (Å²) in [6.07, 6.45) is 1.37. The van der Waals surface area contributed by atoms with Gasteiger partial charge in [-0.15, -0.1) is 0 Å². The van der Waals surface area contributed by atoms with Crippen molar-refractivity contribution in [1.29, 1.82) is 0 Å². The van der Waals surface area contributed by atoms with E-state index in [4.69, 9.17) is 0 Å². The van der Waals surface area contributed by atoms with Crippen molar-refractivity contribution in [2.75, 3.05) is 0 Å². The summed E-state index contributed by atoms with van der Waals surface area (Å²) in [6.45, 7) is 0.490. The molecule has 3 rings (SSSR count). The van der Waals surface area contributed by atoms with Crippen molar-refractivity contribution in [3.8, 4) is 11.4 Å². The number of aryl methyl sites for hydroxylation is 1. The highest BCUT2D eigenvalue weighted by molar-refractivity contribution is 9.10. The minimum atomic E-state index is -2.90. The molecule has 0 aliphatic carbocycles. The maximum Gasteiger partial charge on any atom is 0.404 e. The predicted molar refractivity (Wildman–Crippen MR) is 103 cm³/mol. The van der Waals surface area contributed by atoms with Crippen LogP contribution in [0, 0.1) is 24.0 Å². The number of carbonyl (C=O) groups excluding carboxylic acids is 1. The van der Waals surface area contributed by atoms with Crippen molar-refractivity contribution in [3.05, 3.63) is 68.1 Å². The number of rotatable bonds is 7. The second-order valence-electron chi connectivity index (χ2n) is 6.17. The average Bonchev–Trinajstić information content (AvgIpc) is 3.14. The van der Waals surface area contributed by atoms with E-state index in [1.807, 2.05) is 6.92 Å². The highest BCUT2D eigenvalue weighted by atomic mass is 79.9. The highest BCUT2D eigenvalue weighted by Gasteiger charge is 2.22. The van der Waals surface area contributed by atoms with Crippen LogP contribution in [0.1, 0.15) is 21.7 Å². The number of hydrogen-bond donors (Lipinski definition) is 0. The van der Waals surface area contributed by atoms with Crippen molar-refractivity contribution >= 4 is 27.5 Å². The summed E-state index contributed by atoms with van der Waals surface area (Å²) < 4.78 is 32.1. The first-order chi connectivity index (χ1) is 13.7. The molecule has 0 unspecified atom stereocenters. The van der Waals surface area contributed by atoms with Gasteiger partial charge in [-0.3, -0.25) is 4.79 Å². The van der Waals surface area contributed by atoms with Crippen LogP contribution in [0.15, 0.2) is 41.0 Å². The Morgan fingerprint density at radius 1 is 1.31 bits per heavy atom. The van der Waals surface area contributed by atoms with E-state index in [1.165, 1.54) is 23.0 Å². The normalized spacial score (nSPS) is 11.1. The third-order valence-corrected chi connectivity index (χ3v) is 4.79. The third kappa shape index (κ3) is 4.34. The van der Waals surface area contributed by atoms with Gasteiger partial charge >= 0.3 is 12.4 Å². The first-order valence-corrected chi connectivity index (χ1v) is 9.11. The van der Waals surface area contributed by atoms with Crippen molar-refractivity contribution in [1.82, 2.24) is 14.3 Å². The standard InChI is InChI=1S/C18H15BrF2N4O4/c1-10-7-14(16(26)9-23-8-15(19)17(22-23)25(27)28)11(2)24(10)12-3-5-13(6-4-12)29-18(20)21/h3-8,18H,9H2,1-2H3. The molecule has 0 saturated carbocycles. The first kappa shape index (κ1) is 20.6. The molecule has 0 amide bonds. The molecule has 0 radical (unpaired) electrons. The number of ether oxygens (including phenoxy) is 1. The molecule has 1 aromatic carbocycles. The Hall–Kier alpha value is -3.08. The molecule has 0 aliphatic heterocycles. The number of Topliss-reactive ketones (excluding diaryl/α,β-unsaturated/α-hetero) is 1. The summed E-state index contributed by atoms with van der Waals surface area (Å²) in [4.78, 5) is 23.0. The van der Waals surface area contributed by atoms with Crippen LogP contribution in [0.3, 0.4) is 0 Å². The van der Waals surface area contributed by atoms with Crippen molar-refractivity contribution in [3.63, 3.8) is 0 Å². The summed E-state index contributed by atoms with van der Waals surface area (Å²) >= 11 is 3.05. The van der Waals surface area contributed by atoms with Crippen LogP contribution in [-0.2, 0) is 6.54 Å². The molecule has 152 valence electrons. The Balaban J connectivity index is 1.86. The van der Waals surface area contributed by atoms with Crippen LogP contribution in [0.25, 0.3) is 5.69 Å². The van der Waals surface area contributed by atoms with Gasteiger partial charge < -0.3 is 19.4 Å². The molecule has 2 aromatic heterocycles. The van der Waals surface area contributed by atoms with Crippen LogP contribution in [0.4, 0.5) is 14.6 Å². The molecule has 11 heteroatoms. The first-order valence-electron chi connectivity index (χ1n) is 8.32. The van der Waals surface area contributed by atoms with E-state index in [9.17, 15) is 23.7 Å². The molecule has 3 aromatic rings. The minimum absolute atomic E-state index is 0.0355. The van der Waals surface area contributed by atoms with Gasteiger partial charge in [0.15, 0.2) is 5.78 Å². The second-order valence-corrected chi connectivity index (χ2v) is 7.03. The van der Waals surface area contributed by atoms with Gasteiger partial charge in [-0.05, 0) is 65.0 Å². The van der Waals surface area contributed by atoms with E-state index >= 15 is 0 Å². The molecule has 0 spiro atoms. The lowest BCUT2D eigenvalue weighted by Gasteiger charge is -2.11. The van der Waals surface area contributed by atoms with E-state index in [0.717, 1.165) is 5.69 Å². The Kier molecular flexibility index (Phi) is 5.78. The van der Waals surface area contributed by atoms with Crippen LogP contribution >= 0.6 is 15.9 Å². The van der Waals surface area contributed by atoms with Gasteiger partial charge in [-0.1, -0.05) is 0 Å². The number of nitrogens with zero attached hydrogens (tertiary/aromatic N) is 4. The fraction of sp³-hybridized carbons (Fsp3) is 0.222. The smallest absolute Gasteiger partial charge is 0.404 e. The topological polar surface area (TPSA) is 92.2 Å². The summed E-state index contributed by atoms with van der Waals surface area (Å²) in [5.74, 6) is -0.602. The molecule has 0 fully saturated rings. The molecular formula is C18H15BrF2N4O4. The Bertz CT molecular complexity index is 1080.